The number of aliphatic imine (C=N–C) groups is 1. The zero-order valence-corrected chi connectivity index (χ0v) is 22.5. The summed E-state index contributed by atoms with van der Waals surface area (Å²) in [6.07, 6.45) is 3.71. The average Bonchev–Trinajstić information content (AvgIpc) is 2.80. The maximum absolute atomic E-state index is 13.3. The van der Waals surface area contributed by atoms with Crippen molar-refractivity contribution in [2.24, 2.45) is 16.5 Å². The highest BCUT2D eigenvalue weighted by Gasteiger charge is 2.26. The number of hydrogen-bond donors (Lipinski definition) is 4. The number of hydrogen-bond acceptors (Lipinski definition) is 4. The molecule has 9 heteroatoms. The molecular weight excluding hydrogens is 474 g/mol. The van der Waals surface area contributed by atoms with Gasteiger partial charge in [0.15, 0.2) is 5.96 Å². The van der Waals surface area contributed by atoms with Crippen molar-refractivity contribution in [1.82, 2.24) is 10.6 Å². The molecule has 0 radical (unpaired) electrons. The second-order valence-corrected chi connectivity index (χ2v) is 10.7. The van der Waals surface area contributed by atoms with Gasteiger partial charge in [-0.2, -0.15) is 0 Å². The zero-order chi connectivity index (χ0) is 26.7. The lowest BCUT2D eigenvalue weighted by Gasteiger charge is -2.22. The minimum atomic E-state index is -1.11. The molecule has 0 spiro atoms. The minimum absolute atomic E-state index is 0.200. The van der Waals surface area contributed by atoms with Crippen molar-refractivity contribution < 1.29 is 13.8 Å². The van der Waals surface area contributed by atoms with Crippen LogP contribution in [0.5, 0.6) is 0 Å². The van der Waals surface area contributed by atoms with E-state index in [1.54, 1.807) is 6.26 Å². The van der Waals surface area contributed by atoms with Crippen molar-refractivity contribution in [2.45, 2.75) is 58.5 Å². The summed E-state index contributed by atoms with van der Waals surface area (Å²) in [6.45, 7) is 6.46. The predicted octanol–water partition coefficient (Wildman–Crippen LogP) is 1.80. The SMILES string of the molecule is Cc1cc(C)c(CC(N=C(N)N)C(=O)NC(CCS(C)=O)C(=O)NCCCc2ccccc2)c(C)c1. The van der Waals surface area contributed by atoms with E-state index in [4.69, 9.17) is 11.5 Å². The summed E-state index contributed by atoms with van der Waals surface area (Å²) in [6, 6.07) is 12.4. The van der Waals surface area contributed by atoms with Crippen molar-refractivity contribution in [3.8, 4) is 0 Å². The number of amides is 2. The van der Waals surface area contributed by atoms with Gasteiger partial charge in [-0.15, -0.1) is 0 Å². The van der Waals surface area contributed by atoms with Crippen molar-refractivity contribution >= 4 is 28.6 Å². The Morgan fingerprint density at radius 1 is 1.03 bits per heavy atom. The summed E-state index contributed by atoms with van der Waals surface area (Å²) in [7, 11) is -1.11. The number of nitrogens with one attached hydrogen (secondary N) is 2. The highest BCUT2D eigenvalue weighted by molar-refractivity contribution is 7.84. The fourth-order valence-corrected chi connectivity index (χ4v) is 4.76. The summed E-state index contributed by atoms with van der Waals surface area (Å²) in [4.78, 5) is 30.4. The molecule has 196 valence electrons. The zero-order valence-electron chi connectivity index (χ0n) is 21.7. The maximum atomic E-state index is 13.3. The first-order valence-corrected chi connectivity index (χ1v) is 13.9. The molecule has 2 aromatic carbocycles. The van der Waals surface area contributed by atoms with Crippen LogP contribution in [0.1, 0.15) is 40.7 Å². The number of nitrogens with two attached hydrogens (primary N) is 2. The monoisotopic (exact) mass is 513 g/mol. The van der Waals surface area contributed by atoms with Gasteiger partial charge in [-0.1, -0.05) is 48.0 Å². The largest absolute Gasteiger partial charge is 0.370 e. The summed E-state index contributed by atoms with van der Waals surface area (Å²) in [5.41, 5.74) is 16.7. The third-order valence-corrected chi connectivity index (χ3v) is 6.77. The van der Waals surface area contributed by atoms with Gasteiger partial charge in [0.2, 0.25) is 11.8 Å². The number of benzene rings is 2. The van der Waals surface area contributed by atoms with Crippen LogP contribution < -0.4 is 22.1 Å². The number of rotatable bonds is 13. The molecular formula is C27H39N5O3S. The Labute approximate surface area is 216 Å². The van der Waals surface area contributed by atoms with Crippen molar-refractivity contribution in [3.05, 3.63) is 70.3 Å². The van der Waals surface area contributed by atoms with Crippen LogP contribution >= 0.6 is 0 Å². The Hall–Kier alpha value is -3.20. The van der Waals surface area contributed by atoms with E-state index in [-0.39, 0.29) is 24.0 Å². The van der Waals surface area contributed by atoms with Gasteiger partial charge in [-0.25, -0.2) is 4.99 Å². The maximum Gasteiger partial charge on any atom is 0.245 e. The molecule has 0 aromatic heterocycles. The molecule has 2 aromatic rings. The van der Waals surface area contributed by atoms with Crippen LogP contribution in [0.15, 0.2) is 47.5 Å². The molecule has 3 atom stereocenters. The van der Waals surface area contributed by atoms with Crippen molar-refractivity contribution in [2.75, 3.05) is 18.6 Å². The van der Waals surface area contributed by atoms with Gasteiger partial charge in [0.25, 0.3) is 0 Å². The molecule has 0 aliphatic heterocycles. The molecule has 0 aliphatic carbocycles. The highest BCUT2D eigenvalue weighted by Crippen LogP contribution is 2.19. The molecule has 2 amide bonds. The van der Waals surface area contributed by atoms with Gasteiger partial charge in [-0.05, 0) is 62.3 Å². The molecule has 36 heavy (non-hydrogen) atoms. The normalized spacial score (nSPS) is 13.3. The van der Waals surface area contributed by atoms with Crippen LogP contribution in [0.3, 0.4) is 0 Å². The molecule has 0 heterocycles. The quantitative estimate of drug-likeness (QED) is 0.184. The number of guanidine groups is 1. The Bertz CT molecular complexity index is 1060. The fourth-order valence-electron chi connectivity index (χ4n) is 4.19. The van der Waals surface area contributed by atoms with Crippen LogP contribution in [0.2, 0.25) is 0 Å². The van der Waals surface area contributed by atoms with E-state index in [0.29, 0.717) is 13.0 Å². The Balaban J connectivity index is 2.09. The number of carbonyl (C=O) groups excluding carboxylic acids is 2. The lowest BCUT2D eigenvalue weighted by molar-refractivity contribution is -0.129. The number of aryl methyl sites for hydroxylation is 4. The topological polar surface area (TPSA) is 140 Å². The lowest BCUT2D eigenvalue weighted by Crippen LogP contribution is -2.51. The van der Waals surface area contributed by atoms with Crippen LogP contribution in [0.25, 0.3) is 0 Å². The fraction of sp³-hybridized carbons (Fsp3) is 0.444. The Kier molecular flexibility index (Phi) is 11.6. The third-order valence-electron chi connectivity index (χ3n) is 5.96. The number of nitrogens with zero attached hydrogens (tertiary/aromatic N) is 1. The number of carbonyl (C=O) groups is 2. The van der Waals surface area contributed by atoms with Crippen LogP contribution in [-0.4, -0.2) is 52.6 Å². The first-order valence-electron chi connectivity index (χ1n) is 12.1. The van der Waals surface area contributed by atoms with Gasteiger partial charge >= 0.3 is 0 Å². The van der Waals surface area contributed by atoms with Crippen LogP contribution in [0, 0.1) is 20.8 Å². The molecule has 3 unspecified atom stereocenters. The van der Waals surface area contributed by atoms with E-state index in [9.17, 15) is 13.8 Å². The van der Waals surface area contributed by atoms with E-state index >= 15 is 0 Å². The summed E-state index contributed by atoms with van der Waals surface area (Å²) < 4.78 is 11.7. The van der Waals surface area contributed by atoms with E-state index in [2.05, 4.69) is 27.8 Å². The highest BCUT2D eigenvalue weighted by atomic mass is 32.2. The Morgan fingerprint density at radius 3 is 2.25 bits per heavy atom. The first kappa shape index (κ1) is 29.0. The van der Waals surface area contributed by atoms with Crippen molar-refractivity contribution in [1.29, 1.82) is 0 Å². The van der Waals surface area contributed by atoms with E-state index < -0.39 is 28.8 Å². The van der Waals surface area contributed by atoms with Gasteiger partial charge in [0.05, 0.1) is 0 Å². The molecule has 2 rings (SSSR count). The molecule has 0 saturated carbocycles. The van der Waals surface area contributed by atoms with Crippen LogP contribution in [0.4, 0.5) is 0 Å². The summed E-state index contributed by atoms with van der Waals surface area (Å²) in [5.74, 6) is -0.679. The molecule has 0 saturated heterocycles. The van der Waals surface area contributed by atoms with Crippen LogP contribution in [-0.2, 0) is 33.2 Å². The van der Waals surface area contributed by atoms with E-state index in [0.717, 1.165) is 35.1 Å². The molecule has 8 nitrogen and oxygen atoms in total. The first-order chi connectivity index (χ1) is 17.1. The lowest BCUT2D eigenvalue weighted by atomic mass is 9.94. The molecule has 0 aliphatic rings. The minimum Gasteiger partial charge on any atom is -0.370 e. The van der Waals surface area contributed by atoms with E-state index in [1.165, 1.54) is 5.56 Å². The summed E-state index contributed by atoms with van der Waals surface area (Å²) >= 11 is 0. The average molecular weight is 514 g/mol. The second-order valence-electron chi connectivity index (χ2n) is 9.16. The molecule has 6 N–H and O–H groups in total. The summed E-state index contributed by atoms with van der Waals surface area (Å²) in [5, 5.41) is 5.70. The predicted molar refractivity (Wildman–Crippen MR) is 147 cm³/mol. The Morgan fingerprint density at radius 2 is 1.67 bits per heavy atom. The second kappa shape index (κ2) is 14.4. The smallest absolute Gasteiger partial charge is 0.245 e. The van der Waals surface area contributed by atoms with Crippen molar-refractivity contribution in [3.63, 3.8) is 0 Å². The standard InChI is InChI=1S/C27H39N5O3S/c1-18-15-19(2)22(20(3)16-18)17-24(32-27(28)29)26(34)31-23(12-14-36(4)35)25(33)30-13-8-11-21-9-6-5-7-10-21/h5-7,9-10,15-16,23-24H,8,11-14,17H2,1-4H3,(H,30,33)(H,31,34)(H4,28,29,32). The van der Waals surface area contributed by atoms with E-state index in [1.807, 2.05) is 51.1 Å². The van der Waals surface area contributed by atoms with Gasteiger partial charge in [0, 0.05) is 35.8 Å². The van der Waals surface area contributed by atoms with Gasteiger partial charge in [-0.3, -0.25) is 13.8 Å². The molecule has 0 fully saturated rings. The van der Waals surface area contributed by atoms with Gasteiger partial charge < -0.3 is 22.1 Å². The van der Waals surface area contributed by atoms with Gasteiger partial charge in [0.1, 0.15) is 12.1 Å². The third kappa shape index (κ3) is 9.81. The molecule has 0 bridgehead atoms.